The van der Waals surface area contributed by atoms with Gasteiger partial charge in [-0.3, -0.25) is 9.59 Å². The molecule has 0 unspecified atom stereocenters. The van der Waals surface area contributed by atoms with Crippen LogP contribution in [0.4, 0.5) is 0 Å². The zero-order valence-electron chi connectivity index (χ0n) is 24.1. The maximum absolute atomic E-state index is 13.3. The monoisotopic (exact) mass is 564 g/mol. The minimum atomic E-state index is -0.541. The summed E-state index contributed by atoms with van der Waals surface area (Å²) in [6, 6.07) is 8.57. The first kappa shape index (κ1) is 30.1. The molecular weight excluding hydrogens is 524 g/mol. The second-order valence-electron chi connectivity index (χ2n) is 10.9. The molecule has 0 amide bonds. The van der Waals surface area contributed by atoms with Crippen LogP contribution in [-0.2, 0) is 31.9 Å². The van der Waals surface area contributed by atoms with Gasteiger partial charge in [0.2, 0.25) is 0 Å². The lowest BCUT2D eigenvalue weighted by molar-refractivity contribution is -0.159. The van der Waals surface area contributed by atoms with Crippen molar-refractivity contribution in [3.63, 3.8) is 0 Å². The van der Waals surface area contributed by atoms with Gasteiger partial charge in [-0.2, -0.15) is 0 Å². The summed E-state index contributed by atoms with van der Waals surface area (Å²) in [5.41, 5.74) is 2.61. The molecule has 0 radical (unpaired) electrons. The van der Waals surface area contributed by atoms with Crippen molar-refractivity contribution in [2.75, 3.05) is 14.2 Å². The van der Waals surface area contributed by atoms with Gasteiger partial charge in [0, 0.05) is 32.1 Å². The van der Waals surface area contributed by atoms with Crippen LogP contribution in [0.15, 0.2) is 30.3 Å². The molecule has 2 aliphatic carbocycles. The quantitative estimate of drug-likeness (QED) is 0.345. The highest BCUT2D eigenvalue weighted by atomic mass is 16.6. The van der Waals surface area contributed by atoms with Crippen LogP contribution in [0.2, 0.25) is 0 Å². The summed E-state index contributed by atoms with van der Waals surface area (Å²) in [4.78, 5) is 25.4. The Kier molecular flexibility index (Phi) is 10.4. The van der Waals surface area contributed by atoms with Gasteiger partial charge < -0.3 is 29.2 Å². The highest BCUT2D eigenvalue weighted by molar-refractivity contribution is 5.72. The van der Waals surface area contributed by atoms with Crippen LogP contribution in [0, 0.1) is 17.8 Å². The molecule has 41 heavy (non-hydrogen) atoms. The van der Waals surface area contributed by atoms with E-state index in [-0.39, 0.29) is 29.3 Å². The van der Waals surface area contributed by atoms with E-state index in [1.54, 1.807) is 30.3 Å². The number of ether oxygens (including phenoxy) is 4. The number of aromatic hydroxyl groups is 2. The summed E-state index contributed by atoms with van der Waals surface area (Å²) in [5, 5.41) is 20.6. The number of carbonyl (C=O) groups excluding carboxylic acids is 2. The fraction of sp³-hybridized carbons (Fsp3) is 0.515. The SMILES string of the molecule is COc1cc([C@@H]2C#CCc3cc(O)c(OC)cc3CC[C@@H](OC(C)=O)C[C@@H](OC(=O)C3CCCCC3)C2)ccc1O. The van der Waals surface area contributed by atoms with E-state index in [1.807, 2.05) is 0 Å². The predicted molar refractivity (Wildman–Crippen MR) is 153 cm³/mol. The molecule has 1 fully saturated rings. The number of phenolic OH excluding ortho intramolecular Hbond substituents is 2. The lowest BCUT2D eigenvalue weighted by atomic mass is 9.88. The van der Waals surface area contributed by atoms with Gasteiger partial charge in [0.15, 0.2) is 23.0 Å². The van der Waals surface area contributed by atoms with E-state index in [1.165, 1.54) is 21.1 Å². The summed E-state index contributed by atoms with van der Waals surface area (Å²) in [6.45, 7) is 1.38. The van der Waals surface area contributed by atoms with Crippen LogP contribution < -0.4 is 9.47 Å². The maximum Gasteiger partial charge on any atom is 0.309 e. The van der Waals surface area contributed by atoms with Crippen molar-refractivity contribution in [1.29, 1.82) is 0 Å². The third-order valence-electron chi connectivity index (χ3n) is 7.98. The average Bonchev–Trinajstić information content (AvgIpc) is 2.95. The van der Waals surface area contributed by atoms with Gasteiger partial charge in [0.1, 0.15) is 12.2 Å². The van der Waals surface area contributed by atoms with Gasteiger partial charge in [-0.15, -0.1) is 0 Å². The first-order valence-electron chi connectivity index (χ1n) is 14.4. The Bertz CT molecular complexity index is 1280. The molecule has 0 saturated heterocycles. The van der Waals surface area contributed by atoms with Crippen LogP contribution in [0.5, 0.6) is 23.0 Å². The lowest BCUT2D eigenvalue weighted by Crippen LogP contribution is -2.31. The number of esters is 2. The van der Waals surface area contributed by atoms with Gasteiger partial charge in [0.05, 0.1) is 20.1 Å². The summed E-state index contributed by atoms with van der Waals surface area (Å²) in [7, 11) is 2.99. The number of rotatable bonds is 6. The van der Waals surface area contributed by atoms with E-state index in [2.05, 4.69) is 11.8 Å². The van der Waals surface area contributed by atoms with Crippen molar-refractivity contribution in [3.05, 3.63) is 47.0 Å². The normalized spacial score (nSPS) is 21.6. The molecule has 1 saturated carbocycles. The molecule has 0 aliphatic heterocycles. The Morgan fingerprint density at radius 2 is 1.56 bits per heavy atom. The number of aryl methyl sites for hydroxylation is 1. The molecular formula is C33H40O8. The molecule has 0 aromatic heterocycles. The number of hydrogen-bond acceptors (Lipinski definition) is 8. The summed E-state index contributed by atoms with van der Waals surface area (Å²) in [5.74, 6) is 6.28. The van der Waals surface area contributed by atoms with E-state index in [4.69, 9.17) is 18.9 Å². The second-order valence-corrected chi connectivity index (χ2v) is 10.9. The largest absolute Gasteiger partial charge is 0.504 e. The lowest BCUT2D eigenvalue weighted by Gasteiger charge is -2.29. The molecule has 3 atom stereocenters. The van der Waals surface area contributed by atoms with Crippen molar-refractivity contribution in [2.45, 2.75) is 89.3 Å². The van der Waals surface area contributed by atoms with E-state index < -0.39 is 18.2 Å². The topological polar surface area (TPSA) is 112 Å². The van der Waals surface area contributed by atoms with Gasteiger partial charge in [-0.05, 0) is 66.6 Å². The maximum atomic E-state index is 13.3. The number of fused-ring (bicyclic) bond motifs is 1. The Morgan fingerprint density at radius 3 is 2.27 bits per heavy atom. The average molecular weight is 565 g/mol. The number of methoxy groups -OCH3 is 2. The first-order valence-corrected chi connectivity index (χ1v) is 14.4. The van der Waals surface area contributed by atoms with Gasteiger partial charge in [-0.1, -0.05) is 37.2 Å². The van der Waals surface area contributed by atoms with Crippen molar-refractivity contribution < 1.29 is 38.7 Å². The molecule has 8 heteroatoms. The highest BCUT2D eigenvalue weighted by Gasteiger charge is 2.30. The predicted octanol–water partition coefficient (Wildman–Crippen LogP) is 5.59. The number of benzene rings is 2. The minimum absolute atomic E-state index is 0.0194. The number of carbonyl (C=O) groups is 2. The molecule has 2 aliphatic rings. The van der Waals surface area contributed by atoms with Gasteiger partial charge >= 0.3 is 11.9 Å². The van der Waals surface area contributed by atoms with E-state index in [9.17, 15) is 19.8 Å². The third kappa shape index (κ3) is 8.09. The van der Waals surface area contributed by atoms with Crippen LogP contribution in [0.1, 0.15) is 80.9 Å². The van der Waals surface area contributed by atoms with Crippen LogP contribution >= 0.6 is 0 Å². The summed E-state index contributed by atoms with van der Waals surface area (Å²) < 4.78 is 22.6. The minimum Gasteiger partial charge on any atom is -0.504 e. The smallest absolute Gasteiger partial charge is 0.309 e. The second kappa shape index (κ2) is 14.2. The number of phenols is 2. The highest BCUT2D eigenvalue weighted by Crippen LogP contribution is 2.35. The molecule has 4 rings (SSSR count). The molecule has 2 N–H and O–H groups in total. The summed E-state index contributed by atoms with van der Waals surface area (Å²) >= 11 is 0. The molecule has 0 spiro atoms. The van der Waals surface area contributed by atoms with Crippen LogP contribution in [0.3, 0.4) is 0 Å². The Balaban J connectivity index is 1.73. The summed E-state index contributed by atoms with van der Waals surface area (Å²) in [6.07, 6.45) is 5.93. The molecule has 8 nitrogen and oxygen atoms in total. The van der Waals surface area contributed by atoms with Gasteiger partial charge in [0.25, 0.3) is 0 Å². The Labute approximate surface area is 242 Å². The Morgan fingerprint density at radius 1 is 0.829 bits per heavy atom. The molecule has 2 aromatic carbocycles. The third-order valence-corrected chi connectivity index (χ3v) is 7.98. The van der Waals surface area contributed by atoms with Gasteiger partial charge in [-0.25, -0.2) is 0 Å². The first-order chi connectivity index (χ1) is 19.8. The standard InChI is InChI=1S/C33H40O8/c1-21(34)40-27-14-12-25-19-32(39-3)30(36)17-24(25)11-7-10-23(26-13-15-29(35)31(18-26)38-2)16-28(20-27)41-33(37)22-8-5-4-6-9-22/h13,15,17-19,22-23,27-28,35-36H,4-6,8-9,11-12,14,16,20H2,1-3H3/t23-,27-,28+/m1/s1. The van der Waals surface area contributed by atoms with Crippen LogP contribution in [-0.4, -0.2) is 48.6 Å². The fourth-order valence-electron chi connectivity index (χ4n) is 5.80. The molecule has 0 bridgehead atoms. The van der Waals surface area contributed by atoms with E-state index in [0.29, 0.717) is 43.6 Å². The zero-order valence-corrected chi connectivity index (χ0v) is 24.1. The van der Waals surface area contributed by atoms with Crippen molar-refractivity contribution in [1.82, 2.24) is 0 Å². The van der Waals surface area contributed by atoms with Crippen molar-refractivity contribution in [2.24, 2.45) is 5.92 Å². The van der Waals surface area contributed by atoms with Crippen molar-refractivity contribution in [3.8, 4) is 34.8 Å². The molecule has 220 valence electrons. The van der Waals surface area contributed by atoms with Crippen LogP contribution in [0.25, 0.3) is 0 Å². The number of hydrogen-bond donors (Lipinski definition) is 2. The van der Waals surface area contributed by atoms with E-state index in [0.717, 1.165) is 48.8 Å². The molecule has 0 heterocycles. The Hall–Kier alpha value is -3.86. The fourth-order valence-corrected chi connectivity index (χ4v) is 5.80. The zero-order chi connectivity index (χ0) is 29.4. The van der Waals surface area contributed by atoms with Crippen molar-refractivity contribution >= 4 is 11.9 Å². The molecule has 2 aromatic rings. The van der Waals surface area contributed by atoms with E-state index >= 15 is 0 Å².